The van der Waals surface area contributed by atoms with Gasteiger partial charge in [-0.3, -0.25) is 13.9 Å². The molecule has 1 aromatic carbocycles. The van der Waals surface area contributed by atoms with Crippen LogP contribution in [0, 0.1) is 11.8 Å². The van der Waals surface area contributed by atoms with Crippen molar-refractivity contribution in [1.82, 2.24) is 18.7 Å². The molecule has 6 heteroatoms. The largest absolute Gasteiger partial charge is 0.332 e. The molecule has 0 unspecified atom stereocenters. The summed E-state index contributed by atoms with van der Waals surface area (Å²) in [5.41, 5.74) is 0.783. The van der Waals surface area contributed by atoms with Gasteiger partial charge in [0.1, 0.15) is 0 Å². The van der Waals surface area contributed by atoms with Crippen LogP contribution >= 0.6 is 0 Å². The molecule has 0 saturated carbocycles. The Labute approximate surface area is 126 Å². The number of benzene rings is 1. The molecular formula is C16H14N4O2. The normalized spacial score (nSPS) is 10.5. The predicted octanol–water partition coefficient (Wildman–Crippen LogP) is 0.371. The molecule has 0 aliphatic heterocycles. The smallest absolute Gasteiger partial charge is 0.314 e. The highest BCUT2D eigenvalue weighted by molar-refractivity contribution is 5.72. The van der Waals surface area contributed by atoms with Gasteiger partial charge >= 0.3 is 5.69 Å². The molecular weight excluding hydrogens is 280 g/mol. The lowest BCUT2D eigenvalue weighted by Crippen LogP contribution is -2.37. The summed E-state index contributed by atoms with van der Waals surface area (Å²) in [6, 6.07) is 9.51. The Morgan fingerprint density at radius 3 is 2.27 bits per heavy atom. The number of hydrogen-bond donors (Lipinski definition) is 0. The Bertz CT molecular complexity index is 1040. The van der Waals surface area contributed by atoms with Crippen LogP contribution in [0.2, 0.25) is 0 Å². The highest BCUT2D eigenvalue weighted by atomic mass is 16.2. The average Bonchev–Trinajstić information content (AvgIpc) is 2.87. The van der Waals surface area contributed by atoms with E-state index in [-0.39, 0.29) is 5.56 Å². The van der Waals surface area contributed by atoms with Crippen LogP contribution in [0.3, 0.4) is 0 Å². The monoisotopic (exact) mass is 294 g/mol. The Morgan fingerprint density at radius 2 is 1.59 bits per heavy atom. The number of nitrogens with zero attached hydrogens (tertiary/aromatic N) is 4. The van der Waals surface area contributed by atoms with Crippen molar-refractivity contribution in [2.75, 3.05) is 0 Å². The van der Waals surface area contributed by atoms with Gasteiger partial charge in [0, 0.05) is 26.7 Å². The quantitative estimate of drug-likeness (QED) is 0.563. The first-order chi connectivity index (χ1) is 10.5. The first-order valence-electron chi connectivity index (χ1n) is 6.70. The molecule has 0 N–H and O–H groups in total. The Kier molecular flexibility index (Phi) is 3.18. The molecule has 0 fully saturated rings. The number of hydrogen-bond acceptors (Lipinski definition) is 3. The zero-order valence-corrected chi connectivity index (χ0v) is 12.5. The van der Waals surface area contributed by atoms with E-state index in [9.17, 15) is 9.59 Å². The summed E-state index contributed by atoms with van der Waals surface area (Å²) in [5, 5.41) is 0. The van der Waals surface area contributed by atoms with E-state index in [1.54, 1.807) is 18.7 Å². The zero-order chi connectivity index (χ0) is 15.9. The van der Waals surface area contributed by atoms with Gasteiger partial charge in [-0.05, 0) is 18.1 Å². The van der Waals surface area contributed by atoms with Gasteiger partial charge < -0.3 is 4.57 Å². The molecule has 0 saturated heterocycles. The van der Waals surface area contributed by atoms with E-state index in [0.29, 0.717) is 17.0 Å². The highest BCUT2D eigenvalue weighted by Crippen LogP contribution is 2.08. The van der Waals surface area contributed by atoms with Gasteiger partial charge in [-0.1, -0.05) is 24.1 Å². The minimum atomic E-state index is -0.404. The van der Waals surface area contributed by atoms with Crippen molar-refractivity contribution in [3.63, 3.8) is 0 Å². The molecule has 3 rings (SSSR count). The minimum absolute atomic E-state index is 0.341. The third kappa shape index (κ3) is 2.04. The van der Waals surface area contributed by atoms with Crippen molar-refractivity contribution in [2.45, 2.75) is 0 Å². The van der Waals surface area contributed by atoms with E-state index < -0.39 is 5.69 Å². The molecule has 0 spiro atoms. The standard InChI is InChI=1S/C16H14N4O2/c1-18-12(10-9-11-7-5-4-6-8-11)17-14-13(18)15(21)20(3)16(22)19(14)2/h4-8H,1-3H3. The Morgan fingerprint density at radius 1 is 0.909 bits per heavy atom. The molecule has 2 heterocycles. The van der Waals surface area contributed by atoms with Crippen LogP contribution in [-0.4, -0.2) is 18.7 Å². The Balaban J connectivity index is 2.27. The molecule has 0 aliphatic carbocycles. The molecule has 110 valence electrons. The molecule has 6 nitrogen and oxygen atoms in total. The van der Waals surface area contributed by atoms with Crippen LogP contribution in [0.15, 0.2) is 39.9 Å². The summed E-state index contributed by atoms with van der Waals surface area (Å²) >= 11 is 0. The number of rotatable bonds is 0. The topological polar surface area (TPSA) is 61.8 Å². The number of aromatic nitrogens is 4. The van der Waals surface area contributed by atoms with Crippen LogP contribution in [0.1, 0.15) is 11.4 Å². The maximum absolute atomic E-state index is 12.3. The van der Waals surface area contributed by atoms with Crippen molar-refractivity contribution >= 4 is 11.2 Å². The van der Waals surface area contributed by atoms with Crippen LogP contribution in [0.4, 0.5) is 0 Å². The van der Waals surface area contributed by atoms with Gasteiger partial charge in [0.15, 0.2) is 17.0 Å². The van der Waals surface area contributed by atoms with Gasteiger partial charge in [-0.15, -0.1) is 0 Å². The van der Waals surface area contributed by atoms with Crippen LogP contribution in [-0.2, 0) is 21.1 Å². The van der Waals surface area contributed by atoms with Gasteiger partial charge in [-0.25, -0.2) is 9.78 Å². The fourth-order valence-corrected chi connectivity index (χ4v) is 2.28. The molecule has 0 radical (unpaired) electrons. The fourth-order valence-electron chi connectivity index (χ4n) is 2.28. The second kappa shape index (κ2) is 5.04. The lowest BCUT2D eigenvalue weighted by Gasteiger charge is -2.02. The summed E-state index contributed by atoms with van der Waals surface area (Å²) < 4.78 is 4.04. The summed E-state index contributed by atoms with van der Waals surface area (Å²) in [6.45, 7) is 0. The summed E-state index contributed by atoms with van der Waals surface area (Å²) in [5.74, 6) is 6.39. The fraction of sp³-hybridized carbons (Fsp3) is 0.188. The summed E-state index contributed by atoms with van der Waals surface area (Å²) in [7, 11) is 4.76. The van der Waals surface area contributed by atoms with Crippen LogP contribution < -0.4 is 11.2 Å². The minimum Gasteiger partial charge on any atom is -0.314 e. The van der Waals surface area contributed by atoms with Crippen molar-refractivity contribution in [1.29, 1.82) is 0 Å². The zero-order valence-electron chi connectivity index (χ0n) is 12.5. The first-order valence-corrected chi connectivity index (χ1v) is 6.70. The first kappa shape index (κ1) is 13.9. The lowest BCUT2D eigenvalue weighted by atomic mass is 10.2. The third-order valence-corrected chi connectivity index (χ3v) is 3.57. The molecule has 22 heavy (non-hydrogen) atoms. The van der Waals surface area contributed by atoms with Crippen molar-refractivity contribution in [3.8, 4) is 11.8 Å². The Hall–Kier alpha value is -3.07. The molecule has 0 atom stereocenters. The van der Waals surface area contributed by atoms with Crippen molar-refractivity contribution < 1.29 is 0 Å². The van der Waals surface area contributed by atoms with E-state index in [0.717, 1.165) is 10.1 Å². The third-order valence-electron chi connectivity index (χ3n) is 3.57. The molecule has 0 amide bonds. The summed E-state index contributed by atoms with van der Waals surface area (Å²) in [6.07, 6.45) is 0. The van der Waals surface area contributed by atoms with Gasteiger partial charge in [0.25, 0.3) is 5.56 Å². The number of aryl methyl sites for hydroxylation is 2. The molecule has 2 aromatic heterocycles. The second-order valence-electron chi connectivity index (χ2n) is 4.99. The molecule has 3 aromatic rings. The predicted molar refractivity (Wildman–Crippen MR) is 83.6 cm³/mol. The van der Waals surface area contributed by atoms with Gasteiger partial charge in [-0.2, -0.15) is 0 Å². The van der Waals surface area contributed by atoms with E-state index in [4.69, 9.17) is 0 Å². The van der Waals surface area contributed by atoms with E-state index in [1.807, 2.05) is 30.3 Å². The van der Waals surface area contributed by atoms with E-state index >= 15 is 0 Å². The second-order valence-corrected chi connectivity index (χ2v) is 4.99. The van der Waals surface area contributed by atoms with Crippen molar-refractivity contribution in [3.05, 3.63) is 62.6 Å². The molecule has 0 bridgehead atoms. The number of imidazole rings is 1. The average molecular weight is 294 g/mol. The summed E-state index contributed by atoms with van der Waals surface area (Å²) in [4.78, 5) is 28.5. The highest BCUT2D eigenvalue weighted by Gasteiger charge is 2.15. The molecule has 0 aliphatic rings. The SMILES string of the molecule is Cn1c(=O)c2c(nc(C#Cc3ccccc3)n2C)n(C)c1=O. The van der Waals surface area contributed by atoms with E-state index in [1.165, 1.54) is 11.6 Å². The van der Waals surface area contributed by atoms with Gasteiger partial charge in [0.2, 0.25) is 0 Å². The maximum Gasteiger partial charge on any atom is 0.332 e. The van der Waals surface area contributed by atoms with Crippen LogP contribution in [0.25, 0.3) is 11.2 Å². The van der Waals surface area contributed by atoms with Crippen LogP contribution in [0.5, 0.6) is 0 Å². The van der Waals surface area contributed by atoms with Gasteiger partial charge in [0.05, 0.1) is 0 Å². The lowest BCUT2D eigenvalue weighted by molar-refractivity contribution is 0.705. The van der Waals surface area contributed by atoms with Crippen molar-refractivity contribution in [2.24, 2.45) is 21.1 Å². The number of fused-ring (bicyclic) bond motifs is 1. The maximum atomic E-state index is 12.3. The van der Waals surface area contributed by atoms with E-state index in [2.05, 4.69) is 16.8 Å².